The van der Waals surface area contributed by atoms with Crippen molar-refractivity contribution in [2.24, 2.45) is 7.05 Å². The Morgan fingerprint density at radius 1 is 1.62 bits per heavy atom. The number of hydrogen-bond acceptors (Lipinski definition) is 2. The lowest BCUT2D eigenvalue weighted by atomic mass is 10.2. The van der Waals surface area contributed by atoms with Gasteiger partial charge in [0.15, 0.2) is 6.10 Å². The molecule has 72 valence electrons. The SMILES string of the molecule is [CH]OC(c1cncn1C)C(F)(F)F. The van der Waals surface area contributed by atoms with Crippen LogP contribution in [0, 0.1) is 7.11 Å². The second kappa shape index (κ2) is 3.37. The van der Waals surface area contributed by atoms with E-state index in [0.717, 1.165) is 6.20 Å². The minimum Gasteiger partial charge on any atom is -0.354 e. The van der Waals surface area contributed by atoms with Crippen LogP contribution in [-0.2, 0) is 11.8 Å². The summed E-state index contributed by atoms with van der Waals surface area (Å²) < 4.78 is 41.7. The molecule has 0 saturated heterocycles. The average molecular weight is 192 g/mol. The first-order valence-electron chi connectivity index (χ1n) is 3.35. The number of imidazole rings is 1. The third kappa shape index (κ3) is 2.00. The normalized spacial score (nSPS) is 14.5. The molecule has 0 bridgehead atoms. The van der Waals surface area contributed by atoms with Crippen LogP contribution in [0.3, 0.4) is 0 Å². The van der Waals surface area contributed by atoms with Crippen molar-refractivity contribution in [1.29, 1.82) is 0 Å². The molecule has 2 radical (unpaired) electrons. The molecule has 1 heterocycles. The molecule has 0 amide bonds. The summed E-state index contributed by atoms with van der Waals surface area (Å²) in [6.45, 7) is 0. The summed E-state index contributed by atoms with van der Waals surface area (Å²) in [6, 6.07) is 0. The Balaban J connectivity index is 2.98. The van der Waals surface area contributed by atoms with Crippen LogP contribution < -0.4 is 0 Å². The second-order valence-corrected chi connectivity index (χ2v) is 2.49. The van der Waals surface area contributed by atoms with Crippen LogP contribution in [0.4, 0.5) is 13.2 Å². The Labute approximate surface area is 73.1 Å². The second-order valence-electron chi connectivity index (χ2n) is 2.49. The number of halogens is 3. The molecule has 1 rings (SSSR count). The first-order chi connectivity index (χ1) is 5.96. The predicted octanol–water partition coefficient (Wildman–Crippen LogP) is 1.71. The number of hydrogen-bond donors (Lipinski definition) is 0. The Kier molecular flexibility index (Phi) is 2.60. The van der Waals surface area contributed by atoms with Crippen LogP contribution in [0.25, 0.3) is 0 Å². The van der Waals surface area contributed by atoms with Crippen LogP contribution in [0.15, 0.2) is 12.5 Å². The molecule has 1 aromatic rings. The molecule has 1 unspecified atom stereocenters. The van der Waals surface area contributed by atoms with E-state index in [1.165, 1.54) is 17.9 Å². The Bertz CT molecular complexity index is 282. The fourth-order valence-electron chi connectivity index (χ4n) is 0.935. The maximum atomic E-state index is 12.2. The van der Waals surface area contributed by atoms with E-state index >= 15 is 0 Å². The first kappa shape index (κ1) is 10.0. The zero-order valence-electron chi connectivity index (χ0n) is 6.75. The van der Waals surface area contributed by atoms with Gasteiger partial charge in [0.25, 0.3) is 0 Å². The van der Waals surface area contributed by atoms with Gasteiger partial charge in [-0.05, 0) is 0 Å². The van der Waals surface area contributed by atoms with Gasteiger partial charge in [-0.2, -0.15) is 13.2 Å². The molecule has 3 nitrogen and oxygen atoms in total. The van der Waals surface area contributed by atoms with Crippen molar-refractivity contribution in [2.45, 2.75) is 12.3 Å². The number of aryl methyl sites for hydroxylation is 1. The van der Waals surface area contributed by atoms with Crippen molar-refractivity contribution >= 4 is 0 Å². The van der Waals surface area contributed by atoms with E-state index < -0.39 is 12.3 Å². The average Bonchev–Trinajstić information content (AvgIpc) is 2.35. The molecule has 6 heteroatoms. The van der Waals surface area contributed by atoms with Gasteiger partial charge in [0, 0.05) is 7.05 Å². The van der Waals surface area contributed by atoms with Gasteiger partial charge in [0.05, 0.1) is 18.2 Å². The molecule has 0 spiro atoms. The molecule has 1 atom stereocenters. The van der Waals surface area contributed by atoms with Crippen LogP contribution >= 0.6 is 0 Å². The third-order valence-corrected chi connectivity index (χ3v) is 1.56. The van der Waals surface area contributed by atoms with Crippen LogP contribution in [-0.4, -0.2) is 15.7 Å². The summed E-state index contributed by atoms with van der Waals surface area (Å²) in [5, 5.41) is 0. The number of alkyl halides is 3. The van der Waals surface area contributed by atoms with Crippen molar-refractivity contribution in [3.8, 4) is 0 Å². The fraction of sp³-hybridized carbons (Fsp3) is 0.429. The van der Waals surface area contributed by atoms with Gasteiger partial charge in [-0.1, -0.05) is 0 Å². The lowest BCUT2D eigenvalue weighted by Crippen LogP contribution is -2.23. The molecule has 0 aromatic carbocycles. The quantitative estimate of drug-likeness (QED) is 0.713. The Morgan fingerprint density at radius 2 is 2.23 bits per heavy atom. The van der Waals surface area contributed by atoms with Gasteiger partial charge in [-0.15, -0.1) is 0 Å². The summed E-state index contributed by atoms with van der Waals surface area (Å²) in [4.78, 5) is 3.53. The smallest absolute Gasteiger partial charge is 0.354 e. The third-order valence-electron chi connectivity index (χ3n) is 1.56. The van der Waals surface area contributed by atoms with E-state index in [4.69, 9.17) is 0 Å². The van der Waals surface area contributed by atoms with E-state index in [-0.39, 0.29) is 5.69 Å². The minimum atomic E-state index is -4.53. The van der Waals surface area contributed by atoms with Crippen molar-refractivity contribution in [2.75, 3.05) is 0 Å². The van der Waals surface area contributed by atoms with Gasteiger partial charge in [-0.25, -0.2) is 4.98 Å². The molecular formula is C7H7F3N2O. The summed E-state index contributed by atoms with van der Waals surface area (Å²) in [5.74, 6) is 0. The lowest BCUT2D eigenvalue weighted by molar-refractivity contribution is -0.211. The van der Waals surface area contributed by atoms with Gasteiger partial charge >= 0.3 is 6.18 Å². The van der Waals surface area contributed by atoms with Crippen LogP contribution in [0.1, 0.15) is 11.8 Å². The molecular weight excluding hydrogens is 185 g/mol. The molecule has 13 heavy (non-hydrogen) atoms. The molecule has 0 fully saturated rings. The highest BCUT2D eigenvalue weighted by atomic mass is 19.4. The summed E-state index contributed by atoms with van der Waals surface area (Å²) in [6.07, 6.45) is -4.35. The standard InChI is InChI=1S/C7H7F3N2O/c1-12-4-11-3-5(12)6(13-2)7(8,9)10/h2-4,6H,1H3. The maximum absolute atomic E-state index is 12.2. The largest absolute Gasteiger partial charge is 0.420 e. The van der Waals surface area contributed by atoms with Crippen molar-refractivity contribution < 1.29 is 17.9 Å². The Morgan fingerprint density at radius 3 is 2.54 bits per heavy atom. The van der Waals surface area contributed by atoms with E-state index in [0.29, 0.717) is 0 Å². The molecule has 0 aliphatic heterocycles. The number of aromatic nitrogens is 2. The van der Waals surface area contributed by atoms with E-state index in [1.54, 1.807) is 0 Å². The van der Waals surface area contributed by atoms with Crippen LogP contribution in [0.2, 0.25) is 0 Å². The zero-order chi connectivity index (χ0) is 10.1. The monoisotopic (exact) mass is 192 g/mol. The van der Waals surface area contributed by atoms with E-state index in [2.05, 4.69) is 16.8 Å². The zero-order valence-corrected chi connectivity index (χ0v) is 6.75. The summed E-state index contributed by atoms with van der Waals surface area (Å²) in [5.41, 5.74) is -0.130. The Hall–Kier alpha value is -1.04. The highest BCUT2D eigenvalue weighted by Crippen LogP contribution is 2.34. The number of nitrogens with zero attached hydrogens (tertiary/aromatic N) is 2. The van der Waals surface area contributed by atoms with E-state index in [1.807, 2.05) is 0 Å². The van der Waals surface area contributed by atoms with Crippen molar-refractivity contribution in [3.63, 3.8) is 0 Å². The molecule has 0 N–H and O–H groups in total. The molecule has 0 aliphatic rings. The van der Waals surface area contributed by atoms with Crippen molar-refractivity contribution in [3.05, 3.63) is 25.3 Å². The fourth-order valence-corrected chi connectivity index (χ4v) is 0.935. The molecule has 1 aromatic heterocycles. The van der Waals surface area contributed by atoms with Crippen molar-refractivity contribution in [1.82, 2.24) is 9.55 Å². The number of ether oxygens (including phenoxy) is 1. The van der Waals surface area contributed by atoms with E-state index in [9.17, 15) is 13.2 Å². The van der Waals surface area contributed by atoms with Gasteiger partial charge < -0.3 is 9.30 Å². The highest BCUT2D eigenvalue weighted by Gasteiger charge is 2.42. The topological polar surface area (TPSA) is 27.1 Å². The maximum Gasteiger partial charge on any atom is 0.420 e. The minimum absolute atomic E-state index is 0.130. The summed E-state index contributed by atoms with van der Waals surface area (Å²) >= 11 is 0. The lowest BCUT2D eigenvalue weighted by Gasteiger charge is -2.18. The van der Waals surface area contributed by atoms with Gasteiger partial charge in [0.1, 0.15) is 7.11 Å². The van der Waals surface area contributed by atoms with Gasteiger partial charge in [0.2, 0.25) is 0 Å². The molecule has 0 saturated carbocycles. The predicted molar refractivity (Wildman–Crippen MR) is 37.4 cm³/mol. The summed E-state index contributed by atoms with van der Waals surface area (Å²) in [7, 11) is 5.99. The number of rotatable bonds is 2. The highest BCUT2D eigenvalue weighted by molar-refractivity contribution is 5.04. The molecule has 0 aliphatic carbocycles. The van der Waals surface area contributed by atoms with Gasteiger partial charge in [-0.3, -0.25) is 0 Å². The first-order valence-corrected chi connectivity index (χ1v) is 3.35. The van der Waals surface area contributed by atoms with Crippen LogP contribution in [0.5, 0.6) is 0 Å².